The van der Waals surface area contributed by atoms with Crippen LogP contribution in [0.15, 0.2) is 0 Å². The van der Waals surface area contributed by atoms with Crippen LogP contribution in [-0.4, -0.2) is 49.5 Å². The zero-order valence-corrected chi connectivity index (χ0v) is 11.5. The van der Waals surface area contributed by atoms with Crippen LogP contribution in [0.3, 0.4) is 0 Å². The highest BCUT2D eigenvalue weighted by atomic mass is 28.1. The summed E-state index contributed by atoms with van der Waals surface area (Å²) in [5.41, 5.74) is 5.21. The molecule has 0 unspecified atom stereocenters. The second-order valence-corrected chi connectivity index (χ2v) is 3.88. The first-order valence-corrected chi connectivity index (χ1v) is 5.73. The van der Waals surface area contributed by atoms with Crippen LogP contribution in [-0.2, 0) is 9.47 Å². The van der Waals surface area contributed by atoms with Gasteiger partial charge in [-0.1, -0.05) is 13.8 Å². The summed E-state index contributed by atoms with van der Waals surface area (Å²) in [6.07, 6.45) is 0. The highest BCUT2D eigenvalue weighted by Gasteiger charge is 1.88. The van der Waals surface area contributed by atoms with Gasteiger partial charge < -0.3 is 20.5 Å². The molecule has 5 heteroatoms. The Bertz CT molecular complexity index is 90.2. The summed E-state index contributed by atoms with van der Waals surface area (Å²) in [4.78, 5) is 0. The Morgan fingerprint density at radius 1 is 1.31 bits per heavy atom. The molecule has 0 saturated heterocycles. The highest BCUT2D eigenvalue weighted by molar-refractivity contribution is 6.09. The van der Waals surface area contributed by atoms with Gasteiger partial charge >= 0.3 is 0 Å². The topological polar surface area (TPSA) is 56.5 Å². The van der Waals surface area contributed by atoms with Crippen molar-refractivity contribution >= 4 is 10.2 Å². The molecule has 0 aliphatic rings. The van der Waals surface area contributed by atoms with E-state index in [9.17, 15) is 0 Å². The zero-order chi connectivity index (χ0) is 10.7. The number of rotatable bonds is 5. The molecule has 0 atom stereocenters. The fraction of sp³-hybridized carbons (Fsp3) is 1.00. The Morgan fingerprint density at radius 2 is 1.77 bits per heavy atom. The molecular weight excluding hydrogens is 184 g/mol. The van der Waals surface area contributed by atoms with E-state index >= 15 is 0 Å². The lowest BCUT2D eigenvalue weighted by molar-refractivity contribution is -0.0411. The lowest BCUT2D eigenvalue weighted by Crippen LogP contribution is -2.28. The predicted molar refractivity (Wildman–Crippen MR) is 59.9 cm³/mol. The normalized spacial score (nSPS) is 10.4. The lowest BCUT2D eigenvalue weighted by Gasteiger charge is -2.03. The molecule has 0 bridgehead atoms. The van der Waals surface area contributed by atoms with Crippen molar-refractivity contribution in [1.29, 1.82) is 0 Å². The smallest absolute Gasteiger partial charge is 0.130 e. The molecule has 0 radical (unpaired) electrons. The van der Waals surface area contributed by atoms with E-state index < -0.39 is 0 Å². The van der Waals surface area contributed by atoms with Crippen molar-refractivity contribution in [2.75, 3.05) is 27.3 Å². The molecule has 0 amide bonds. The minimum Gasteiger partial charge on any atom is -0.361 e. The molecule has 0 aliphatic heterocycles. The summed E-state index contributed by atoms with van der Waals surface area (Å²) in [6.45, 7) is 5.88. The first kappa shape index (κ1) is 15.5. The third kappa shape index (κ3) is 18.8. The summed E-state index contributed by atoms with van der Waals surface area (Å²) in [5.74, 6) is 0.0741. The van der Waals surface area contributed by atoms with Crippen LogP contribution in [0.25, 0.3) is 0 Å². The van der Waals surface area contributed by atoms with Crippen LogP contribution >= 0.6 is 0 Å². The maximum atomic E-state index is 5.21. The van der Waals surface area contributed by atoms with Crippen LogP contribution in [0.2, 0.25) is 0 Å². The van der Waals surface area contributed by atoms with E-state index in [4.69, 9.17) is 15.2 Å². The maximum absolute atomic E-state index is 5.21. The van der Waals surface area contributed by atoms with Gasteiger partial charge in [-0.15, -0.1) is 0 Å². The van der Waals surface area contributed by atoms with Crippen LogP contribution in [0.5, 0.6) is 0 Å². The third-order valence-corrected chi connectivity index (χ3v) is 2.30. The number of methoxy groups -OCH3 is 2. The van der Waals surface area contributed by atoms with Crippen molar-refractivity contribution in [2.24, 2.45) is 5.73 Å². The minimum atomic E-state index is 0.0741. The Balaban J connectivity index is 0. The number of hydrogen-bond donors (Lipinski definition) is 2. The summed E-state index contributed by atoms with van der Waals surface area (Å²) in [7, 11) is 4.23. The molecule has 0 rings (SSSR count). The number of nitrogens with two attached hydrogens (primary N) is 1. The second-order valence-electron chi connectivity index (χ2n) is 2.94. The SMILES string of the molecule is CC(C)NCCN.COC([SiH3])OC. The van der Waals surface area contributed by atoms with Crippen molar-refractivity contribution in [1.82, 2.24) is 5.32 Å². The van der Waals surface area contributed by atoms with E-state index in [1.165, 1.54) is 0 Å². The average Bonchev–Trinajstić information content (AvgIpc) is 2.14. The Kier molecular flexibility index (Phi) is 14.4. The van der Waals surface area contributed by atoms with Gasteiger partial charge in [0.15, 0.2) is 0 Å². The number of ether oxygens (including phenoxy) is 2. The van der Waals surface area contributed by atoms with Gasteiger partial charge in [0.1, 0.15) is 5.91 Å². The molecule has 0 aliphatic carbocycles. The predicted octanol–water partition coefficient (Wildman–Crippen LogP) is -1.13. The Hall–Kier alpha value is 0.0569. The summed E-state index contributed by atoms with van der Waals surface area (Å²) in [5, 5.41) is 3.17. The lowest BCUT2D eigenvalue weighted by atomic mass is 10.4. The standard InChI is InChI=1S/C5H14N2.C3H10O2Si/c1-5(2)7-4-3-6;1-4-3(6)5-2/h5,7H,3-4,6H2,1-2H3;3H,1-2,6H3. The second kappa shape index (κ2) is 12.1. The molecule has 13 heavy (non-hydrogen) atoms. The minimum absolute atomic E-state index is 0.0741. The van der Waals surface area contributed by atoms with Crippen molar-refractivity contribution in [3.63, 3.8) is 0 Å². The third-order valence-electron chi connectivity index (χ3n) is 1.36. The first-order valence-electron chi connectivity index (χ1n) is 4.57. The molecule has 0 fully saturated rings. The molecule has 0 saturated carbocycles. The van der Waals surface area contributed by atoms with Crippen molar-refractivity contribution < 1.29 is 9.47 Å². The van der Waals surface area contributed by atoms with Gasteiger partial charge in [-0.25, -0.2) is 0 Å². The fourth-order valence-corrected chi connectivity index (χ4v) is 0.468. The fourth-order valence-electron chi connectivity index (χ4n) is 0.468. The Labute approximate surface area is 84.6 Å². The number of nitrogens with one attached hydrogen (secondary N) is 1. The van der Waals surface area contributed by atoms with Gasteiger partial charge in [0.25, 0.3) is 0 Å². The van der Waals surface area contributed by atoms with E-state index in [0.29, 0.717) is 6.04 Å². The van der Waals surface area contributed by atoms with Crippen LogP contribution in [0.1, 0.15) is 13.8 Å². The van der Waals surface area contributed by atoms with E-state index in [0.717, 1.165) is 23.3 Å². The molecule has 0 heterocycles. The van der Waals surface area contributed by atoms with Crippen LogP contribution < -0.4 is 11.1 Å². The monoisotopic (exact) mass is 208 g/mol. The molecule has 0 aromatic rings. The van der Waals surface area contributed by atoms with E-state index in [-0.39, 0.29) is 5.91 Å². The van der Waals surface area contributed by atoms with Gasteiger partial charge in [-0.05, 0) is 0 Å². The summed E-state index contributed by atoms with van der Waals surface area (Å²) in [6, 6.07) is 0.573. The summed E-state index contributed by atoms with van der Waals surface area (Å²) < 4.78 is 9.48. The van der Waals surface area contributed by atoms with Gasteiger partial charge in [-0.3, -0.25) is 0 Å². The first-order chi connectivity index (χ1) is 6.08. The van der Waals surface area contributed by atoms with Crippen molar-refractivity contribution in [3.8, 4) is 0 Å². The molecular formula is C8H24N2O2Si. The molecule has 0 spiro atoms. The van der Waals surface area contributed by atoms with Gasteiger partial charge in [0.05, 0.1) is 10.2 Å². The highest BCUT2D eigenvalue weighted by Crippen LogP contribution is 1.77. The van der Waals surface area contributed by atoms with Gasteiger partial charge in [0, 0.05) is 33.4 Å². The van der Waals surface area contributed by atoms with E-state index in [1.54, 1.807) is 14.2 Å². The number of hydrogen-bond acceptors (Lipinski definition) is 4. The average molecular weight is 208 g/mol. The molecule has 82 valence electrons. The molecule has 0 aromatic carbocycles. The molecule has 0 aromatic heterocycles. The molecule has 4 nitrogen and oxygen atoms in total. The Morgan fingerprint density at radius 3 is 1.85 bits per heavy atom. The quantitative estimate of drug-likeness (QED) is 0.443. The maximum Gasteiger partial charge on any atom is 0.130 e. The van der Waals surface area contributed by atoms with Crippen LogP contribution in [0.4, 0.5) is 0 Å². The largest absolute Gasteiger partial charge is 0.361 e. The van der Waals surface area contributed by atoms with Gasteiger partial charge in [0.2, 0.25) is 0 Å². The van der Waals surface area contributed by atoms with Gasteiger partial charge in [-0.2, -0.15) is 0 Å². The molecule has 3 N–H and O–H groups in total. The van der Waals surface area contributed by atoms with Crippen molar-refractivity contribution in [3.05, 3.63) is 0 Å². The zero-order valence-electron chi connectivity index (χ0n) is 9.46. The van der Waals surface area contributed by atoms with E-state index in [2.05, 4.69) is 19.2 Å². The van der Waals surface area contributed by atoms with Crippen molar-refractivity contribution in [2.45, 2.75) is 25.8 Å². The van der Waals surface area contributed by atoms with E-state index in [1.807, 2.05) is 0 Å². The van der Waals surface area contributed by atoms with Crippen LogP contribution in [0, 0.1) is 0 Å². The summed E-state index contributed by atoms with van der Waals surface area (Å²) >= 11 is 0.